The fraction of sp³-hybridized carbons (Fsp3) is 0.538. The maximum Gasteiger partial charge on any atom is 0.143 e. The molecule has 0 radical (unpaired) electrons. The van der Waals surface area contributed by atoms with Gasteiger partial charge in [0.1, 0.15) is 5.75 Å². The van der Waals surface area contributed by atoms with Crippen LogP contribution in [0.4, 0.5) is 11.4 Å². The van der Waals surface area contributed by atoms with Crippen LogP contribution in [0, 0.1) is 0 Å². The van der Waals surface area contributed by atoms with E-state index in [4.69, 9.17) is 15.6 Å². The Morgan fingerprint density at radius 1 is 1.56 bits per heavy atom. The summed E-state index contributed by atoms with van der Waals surface area (Å²) in [5, 5.41) is 18.9. The molecular formula is C13H20N2O3. The van der Waals surface area contributed by atoms with Crippen LogP contribution in [0.3, 0.4) is 0 Å². The van der Waals surface area contributed by atoms with E-state index < -0.39 is 6.10 Å². The monoisotopic (exact) mass is 252 g/mol. The molecule has 5 heteroatoms. The molecule has 0 spiro atoms. The minimum atomic E-state index is -0.712. The van der Waals surface area contributed by atoms with Gasteiger partial charge in [-0.25, -0.2) is 0 Å². The van der Waals surface area contributed by atoms with Crippen molar-refractivity contribution in [3.63, 3.8) is 0 Å². The van der Waals surface area contributed by atoms with Crippen molar-refractivity contribution >= 4 is 11.4 Å². The van der Waals surface area contributed by atoms with Gasteiger partial charge in [-0.2, -0.15) is 0 Å². The number of nitrogens with two attached hydrogens (primary N) is 1. The zero-order valence-corrected chi connectivity index (χ0v) is 10.5. The van der Waals surface area contributed by atoms with E-state index in [0.29, 0.717) is 11.4 Å². The Balaban J connectivity index is 2.24. The summed E-state index contributed by atoms with van der Waals surface area (Å²) in [4.78, 5) is 2.10. The Kier molecular flexibility index (Phi) is 3.93. The number of hydrogen-bond donors (Lipinski definition) is 3. The third-order valence-electron chi connectivity index (χ3n) is 3.48. The Morgan fingerprint density at radius 2 is 2.33 bits per heavy atom. The molecule has 5 nitrogen and oxygen atoms in total. The molecule has 0 aromatic heterocycles. The van der Waals surface area contributed by atoms with Crippen LogP contribution >= 0.6 is 0 Å². The van der Waals surface area contributed by atoms with Crippen molar-refractivity contribution in [2.45, 2.75) is 25.0 Å². The topological polar surface area (TPSA) is 79.0 Å². The van der Waals surface area contributed by atoms with E-state index in [1.807, 2.05) is 12.1 Å². The molecule has 1 aliphatic heterocycles. The number of ether oxygens (including phenoxy) is 1. The number of anilines is 2. The summed E-state index contributed by atoms with van der Waals surface area (Å²) in [6, 6.07) is 5.55. The van der Waals surface area contributed by atoms with Gasteiger partial charge >= 0.3 is 0 Å². The van der Waals surface area contributed by atoms with E-state index in [2.05, 4.69) is 4.90 Å². The SMILES string of the molecule is COc1cc(N2CCCC2C(O)CO)ccc1N. The van der Waals surface area contributed by atoms with E-state index in [9.17, 15) is 5.11 Å². The highest BCUT2D eigenvalue weighted by Crippen LogP contribution is 2.32. The van der Waals surface area contributed by atoms with E-state index in [-0.39, 0.29) is 12.6 Å². The van der Waals surface area contributed by atoms with E-state index in [1.54, 1.807) is 13.2 Å². The van der Waals surface area contributed by atoms with Gasteiger partial charge in [-0.15, -0.1) is 0 Å². The number of methoxy groups -OCH3 is 1. The minimum Gasteiger partial charge on any atom is -0.495 e. The van der Waals surface area contributed by atoms with Crippen molar-refractivity contribution in [3.05, 3.63) is 18.2 Å². The molecule has 0 saturated carbocycles. The number of rotatable bonds is 4. The Labute approximate surface area is 107 Å². The zero-order valence-electron chi connectivity index (χ0n) is 10.5. The van der Waals surface area contributed by atoms with Crippen molar-refractivity contribution in [1.82, 2.24) is 0 Å². The molecule has 1 fully saturated rings. The standard InChI is InChI=1S/C13H20N2O3/c1-18-13-7-9(4-5-10(13)14)15-6-2-3-11(15)12(17)8-16/h4-5,7,11-12,16-17H,2-3,6,8,14H2,1H3. The lowest BCUT2D eigenvalue weighted by atomic mass is 10.1. The smallest absolute Gasteiger partial charge is 0.143 e. The molecule has 1 saturated heterocycles. The predicted molar refractivity (Wildman–Crippen MR) is 70.9 cm³/mol. The molecule has 0 aliphatic carbocycles. The molecule has 2 unspecified atom stereocenters. The first-order valence-corrected chi connectivity index (χ1v) is 6.16. The van der Waals surface area contributed by atoms with Gasteiger partial charge in [0.05, 0.1) is 31.5 Å². The first kappa shape index (κ1) is 13.0. The van der Waals surface area contributed by atoms with Gasteiger partial charge in [0.2, 0.25) is 0 Å². The fourth-order valence-corrected chi connectivity index (χ4v) is 2.51. The summed E-state index contributed by atoms with van der Waals surface area (Å²) in [6.07, 6.45) is 1.18. The van der Waals surface area contributed by atoms with Crippen molar-refractivity contribution < 1.29 is 14.9 Å². The van der Waals surface area contributed by atoms with Gasteiger partial charge in [0.15, 0.2) is 0 Å². The summed E-state index contributed by atoms with van der Waals surface area (Å²) in [6.45, 7) is 0.655. The third kappa shape index (κ3) is 2.37. The average molecular weight is 252 g/mol. The maximum atomic E-state index is 9.82. The van der Waals surface area contributed by atoms with Gasteiger partial charge in [0, 0.05) is 18.3 Å². The summed E-state index contributed by atoms with van der Waals surface area (Å²) >= 11 is 0. The van der Waals surface area contributed by atoms with Crippen molar-refractivity contribution in [1.29, 1.82) is 0 Å². The minimum absolute atomic E-state index is 0.0386. The van der Waals surface area contributed by atoms with Crippen LogP contribution in [-0.2, 0) is 0 Å². The molecule has 1 aromatic rings. The summed E-state index contributed by atoms with van der Waals surface area (Å²) < 4.78 is 5.20. The van der Waals surface area contributed by atoms with Crippen LogP contribution in [0.15, 0.2) is 18.2 Å². The molecule has 1 heterocycles. The van der Waals surface area contributed by atoms with Crippen LogP contribution in [-0.4, -0.2) is 42.6 Å². The van der Waals surface area contributed by atoms with Crippen molar-refractivity contribution in [2.75, 3.05) is 30.9 Å². The van der Waals surface area contributed by atoms with Gasteiger partial charge < -0.3 is 25.6 Å². The van der Waals surface area contributed by atoms with Gasteiger partial charge in [-0.3, -0.25) is 0 Å². The molecule has 1 aromatic carbocycles. The first-order valence-electron chi connectivity index (χ1n) is 6.16. The van der Waals surface area contributed by atoms with Crippen LogP contribution in [0.1, 0.15) is 12.8 Å². The number of aliphatic hydroxyl groups is 2. The lowest BCUT2D eigenvalue weighted by molar-refractivity contribution is 0.0752. The number of nitrogen functional groups attached to an aromatic ring is 1. The predicted octanol–water partition coefficient (Wildman–Crippen LogP) is 0.599. The lowest BCUT2D eigenvalue weighted by Crippen LogP contribution is -2.41. The lowest BCUT2D eigenvalue weighted by Gasteiger charge is -2.30. The highest BCUT2D eigenvalue weighted by molar-refractivity contribution is 5.63. The second kappa shape index (κ2) is 5.46. The highest BCUT2D eigenvalue weighted by Gasteiger charge is 2.30. The van der Waals surface area contributed by atoms with Crippen molar-refractivity contribution in [2.24, 2.45) is 0 Å². The zero-order chi connectivity index (χ0) is 13.1. The van der Waals surface area contributed by atoms with E-state index in [0.717, 1.165) is 25.1 Å². The maximum absolute atomic E-state index is 9.82. The molecule has 18 heavy (non-hydrogen) atoms. The Morgan fingerprint density at radius 3 is 3.00 bits per heavy atom. The Bertz CT molecular complexity index is 411. The van der Waals surface area contributed by atoms with Crippen LogP contribution < -0.4 is 15.4 Å². The molecule has 0 amide bonds. The third-order valence-corrected chi connectivity index (χ3v) is 3.48. The van der Waals surface area contributed by atoms with Crippen LogP contribution in [0.2, 0.25) is 0 Å². The normalized spacial score (nSPS) is 21.1. The second-order valence-electron chi connectivity index (χ2n) is 4.58. The summed E-state index contributed by atoms with van der Waals surface area (Å²) in [7, 11) is 1.58. The highest BCUT2D eigenvalue weighted by atomic mass is 16.5. The molecule has 0 bridgehead atoms. The molecular weight excluding hydrogens is 232 g/mol. The summed E-state index contributed by atoms with van der Waals surface area (Å²) in [5.41, 5.74) is 7.35. The van der Waals surface area contributed by atoms with Gasteiger partial charge in [-0.1, -0.05) is 0 Å². The average Bonchev–Trinajstić information content (AvgIpc) is 2.87. The largest absolute Gasteiger partial charge is 0.495 e. The number of benzene rings is 1. The van der Waals surface area contributed by atoms with Gasteiger partial charge in [-0.05, 0) is 25.0 Å². The van der Waals surface area contributed by atoms with Gasteiger partial charge in [0.25, 0.3) is 0 Å². The second-order valence-corrected chi connectivity index (χ2v) is 4.58. The van der Waals surface area contributed by atoms with E-state index in [1.165, 1.54) is 0 Å². The van der Waals surface area contributed by atoms with Crippen molar-refractivity contribution in [3.8, 4) is 5.75 Å². The molecule has 100 valence electrons. The van der Waals surface area contributed by atoms with Crippen LogP contribution in [0.25, 0.3) is 0 Å². The first-order chi connectivity index (χ1) is 8.67. The summed E-state index contributed by atoms with van der Waals surface area (Å²) in [5.74, 6) is 0.636. The van der Waals surface area contributed by atoms with E-state index >= 15 is 0 Å². The van der Waals surface area contributed by atoms with Crippen LogP contribution in [0.5, 0.6) is 5.75 Å². The molecule has 4 N–H and O–H groups in total. The molecule has 2 rings (SSSR count). The number of hydrogen-bond acceptors (Lipinski definition) is 5. The number of aliphatic hydroxyl groups excluding tert-OH is 2. The quantitative estimate of drug-likeness (QED) is 0.684. The Hall–Kier alpha value is -1.46. The fourth-order valence-electron chi connectivity index (χ4n) is 2.51. The number of nitrogens with zero attached hydrogens (tertiary/aromatic N) is 1. The molecule has 2 atom stereocenters. The molecule has 1 aliphatic rings.